The van der Waals surface area contributed by atoms with Crippen molar-refractivity contribution in [2.45, 2.75) is 11.8 Å². The van der Waals surface area contributed by atoms with Crippen molar-refractivity contribution in [3.05, 3.63) is 96.2 Å². The second-order valence-corrected chi connectivity index (χ2v) is 9.09. The van der Waals surface area contributed by atoms with E-state index in [1.54, 1.807) is 42.5 Å². The van der Waals surface area contributed by atoms with E-state index in [2.05, 4.69) is 10.3 Å². The average Bonchev–Trinajstić information content (AvgIpc) is 2.78. The zero-order valence-electron chi connectivity index (χ0n) is 17.1. The van der Waals surface area contributed by atoms with E-state index < -0.39 is 10.0 Å². The number of sulfonamides is 1. The van der Waals surface area contributed by atoms with Crippen LogP contribution in [-0.2, 0) is 10.0 Å². The molecule has 6 nitrogen and oxygen atoms in total. The molecular formula is C24H21N3O3S. The summed E-state index contributed by atoms with van der Waals surface area (Å²) >= 11 is 0. The van der Waals surface area contributed by atoms with Gasteiger partial charge in [0.1, 0.15) is 0 Å². The van der Waals surface area contributed by atoms with E-state index in [4.69, 9.17) is 0 Å². The number of anilines is 2. The molecule has 4 aromatic rings. The zero-order chi connectivity index (χ0) is 22.0. The van der Waals surface area contributed by atoms with Crippen molar-refractivity contribution in [1.29, 1.82) is 0 Å². The molecule has 0 saturated heterocycles. The number of aryl methyl sites for hydroxylation is 1. The Morgan fingerprint density at radius 1 is 0.903 bits per heavy atom. The van der Waals surface area contributed by atoms with Crippen LogP contribution >= 0.6 is 0 Å². The van der Waals surface area contributed by atoms with E-state index in [0.717, 1.165) is 16.6 Å². The lowest BCUT2D eigenvalue weighted by Crippen LogP contribution is -2.26. The Morgan fingerprint density at radius 3 is 2.39 bits per heavy atom. The highest BCUT2D eigenvalue weighted by Gasteiger charge is 2.22. The van der Waals surface area contributed by atoms with Crippen molar-refractivity contribution < 1.29 is 13.2 Å². The van der Waals surface area contributed by atoms with Crippen molar-refractivity contribution in [3.63, 3.8) is 0 Å². The van der Waals surface area contributed by atoms with Gasteiger partial charge in [0.25, 0.3) is 15.9 Å². The lowest BCUT2D eigenvalue weighted by Gasteiger charge is -2.20. The summed E-state index contributed by atoms with van der Waals surface area (Å²) in [6, 6.07) is 24.2. The minimum absolute atomic E-state index is 0.0902. The van der Waals surface area contributed by atoms with Gasteiger partial charge in [0.15, 0.2) is 0 Å². The highest BCUT2D eigenvalue weighted by atomic mass is 32.2. The van der Waals surface area contributed by atoms with Crippen molar-refractivity contribution in [3.8, 4) is 0 Å². The van der Waals surface area contributed by atoms with Crippen LogP contribution in [0.3, 0.4) is 0 Å². The molecule has 0 unspecified atom stereocenters. The normalized spacial score (nSPS) is 11.3. The van der Waals surface area contributed by atoms with Gasteiger partial charge in [-0.3, -0.25) is 14.1 Å². The van der Waals surface area contributed by atoms with E-state index in [-0.39, 0.29) is 10.8 Å². The quantitative estimate of drug-likeness (QED) is 0.500. The molecule has 0 aliphatic heterocycles. The van der Waals surface area contributed by atoms with E-state index in [9.17, 15) is 13.2 Å². The van der Waals surface area contributed by atoms with E-state index in [0.29, 0.717) is 16.9 Å². The molecule has 0 aliphatic carbocycles. The van der Waals surface area contributed by atoms with Gasteiger partial charge in [0.05, 0.1) is 21.7 Å². The zero-order valence-corrected chi connectivity index (χ0v) is 17.9. The molecule has 31 heavy (non-hydrogen) atoms. The fraction of sp³-hybridized carbons (Fsp3) is 0.0833. The third kappa shape index (κ3) is 4.13. The van der Waals surface area contributed by atoms with Gasteiger partial charge < -0.3 is 5.32 Å². The predicted molar refractivity (Wildman–Crippen MR) is 123 cm³/mol. The third-order valence-corrected chi connectivity index (χ3v) is 6.74. The first-order valence-corrected chi connectivity index (χ1v) is 11.1. The van der Waals surface area contributed by atoms with Crippen LogP contribution in [0.5, 0.6) is 0 Å². The van der Waals surface area contributed by atoms with Crippen LogP contribution < -0.4 is 9.62 Å². The van der Waals surface area contributed by atoms with E-state index in [1.807, 2.05) is 37.3 Å². The Bertz CT molecular complexity index is 1370. The SMILES string of the molecule is Cc1cc(C(=O)Nc2cccc(S(=O)(=O)N(C)c3ccccc3)c2)c2ccccc2n1. The van der Waals surface area contributed by atoms with Crippen LogP contribution in [0.1, 0.15) is 16.1 Å². The maximum absolute atomic E-state index is 13.1. The number of nitrogens with zero attached hydrogens (tertiary/aromatic N) is 2. The summed E-state index contributed by atoms with van der Waals surface area (Å²) in [5.74, 6) is -0.326. The highest BCUT2D eigenvalue weighted by Crippen LogP contribution is 2.25. The third-order valence-electron chi connectivity index (χ3n) is 4.96. The van der Waals surface area contributed by atoms with Gasteiger partial charge >= 0.3 is 0 Å². The molecule has 0 saturated carbocycles. The Morgan fingerprint density at radius 2 is 1.61 bits per heavy atom. The molecule has 1 aromatic heterocycles. The van der Waals surface area contributed by atoms with Crippen LogP contribution in [0.4, 0.5) is 11.4 Å². The van der Waals surface area contributed by atoms with Crippen LogP contribution in [0, 0.1) is 6.92 Å². The minimum atomic E-state index is -3.78. The fourth-order valence-corrected chi connectivity index (χ4v) is 4.61. The van der Waals surface area contributed by atoms with Crippen LogP contribution in [0.15, 0.2) is 89.8 Å². The molecular weight excluding hydrogens is 410 g/mol. The Hall–Kier alpha value is -3.71. The van der Waals surface area contributed by atoms with Gasteiger partial charge in [0.2, 0.25) is 0 Å². The van der Waals surface area contributed by atoms with E-state index >= 15 is 0 Å². The van der Waals surface area contributed by atoms with Gasteiger partial charge in [-0.2, -0.15) is 0 Å². The number of pyridine rings is 1. The number of carbonyl (C=O) groups excluding carboxylic acids is 1. The molecule has 1 amide bonds. The maximum atomic E-state index is 13.1. The molecule has 1 N–H and O–H groups in total. The van der Waals surface area contributed by atoms with Crippen molar-refractivity contribution >= 4 is 38.2 Å². The molecule has 7 heteroatoms. The lowest BCUT2D eigenvalue weighted by molar-refractivity contribution is 0.102. The monoisotopic (exact) mass is 431 g/mol. The van der Waals surface area contributed by atoms with Gasteiger partial charge in [-0.25, -0.2) is 8.42 Å². The molecule has 156 valence electrons. The standard InChI is InChI=1S/C24H21N3O3S/c1-17-15-22(21-13-6-7-14-23(21)25-17)24(28)26-18-9-8-12-20(16-18)31(29,30)27(2)19-10-4-3-5-11-19/h3-16H,1-2H3,(H,26,28). The molecule has 0 atom stereocenters. The minimum Gasteiger partial charge on any atom is -0.322 e. The second kappa shape index (κ2) is 8.20. The van der Waals surface area contributed by atoms with Gasteiger partial charge in [0, 0.05) is 23.8 Å². The number of carbonyl (C=O) groups is 1. The fourth-order valence-electron chi connectivity index (χ4n) is 3.36. The smallest absolute Gasteiger partial charge is 0.264 e. The van der Waals surface area contributed by atoms with Crippen LogP contribution in [0.2, 0.25) is 0 Å². The van der Waals surface area contributed by atoms with Crippen LogP contribution in [-0.4, -0.2) is 26.4 Å². The molecule has 0 spiro atoms. The Kier molecular flexibility index (Phi) is 5.44. The lowest BCUT2D eigenvalue weighted by atomic mass is 10.1. The Balaban J connectivity index is 1.65. The number of fused-ring (bicyclic) bond motifs is 1. The summed E-state index contributed by atoms with van der Waals surface area (Å²) in [6.45, 7) is 1.83. The van der Waals surface area contributed by atoms with Crippen LogP contribution in [0.25, 0.3) is 10.9 Å². The van der Waals surface area contributed by atoms with Gasteiger partial charge in [-0.15, -0.1) is 0 Å². The predicted octanol–water partition coefficient (Wildman–Crippen LogP) is 4.62. The summed E-state index contributed by atoms with van der Waals surface area (Å²) in [4.78, 5) is 17.5. The first-order chi connectivity index (χ1) is 14.9. The molecule has 4 rings (SSSR count). The molecule has 1 heterocycles. The summed E-state index contributed by atoms with van der Waals surface area (Å²) in [7, 11) is -2.28. The second-order valence-electron chi connectivity index (χ2n) is 7.12. The topological polar surface area (TPSA) is 79.4 Å². The molecule has 3 aromatic carbocycles. The number of nitrogens with one attached hydrogen (secondary N) is 1. The first-order valence-electron chi connectivity index (χ1n) is 9.68. The highest BCUT2D eigenvalue weighted by molar-refractivity contribution is 7.92. The number of amides is 1. The average molecular weight is 432 g/mol. The van der Waals surface area contributed by atoms with Crippen molar-refractivity contribution in [2.24, 2.45) is 0 Å². The van der Waals surface area contributed by atoms with Gasteiger partial charge in [-0.05, 0) is 49.4 Å². The van der Waals surface area contributed by atoms with Crippen molar-refractivity contribution in [2.75, 3.05) is 16.7 Å². The number of para-hydroxylation sites is 2. The molecule has 0 aliphatic rings. The van der Waals surface area contributed by atoms with Gasteiger partial charge in [-0.1, -0.05) is 42.5 Å². The molecule has 0 fully saturated rings. The largest absolute Gasteiger partial charge is 0.322 e. The summed E-state index contributed by atoms with van der Waals surface area (Å²) < 4.78 is 27.3. The summed E-state index contributed by atoms with van der Waals surface area (Å²) in [5.41, 5.74) is 2.89. The summed E-state index contributed by atoms with van der Waals surface area (Å²) in [6.07, 6.45) is 0. The van der Waals surface area contributed by atoms with E-state index in [1.165, 1.54) is 23.5 Å². The molecule has 0 radical (unpaired) electrons. The number of hydrogen-bond donors (Lipinski definition) is 1. The maximum Gasteiger partial charge on any atom is 0.264 e. The Labute approximate surface area is 181 Å². The number of aromatic nitrogens is 1. The number of hydrogen-bond acceptors (Lipinski definition) is 4. The summed E-state index contributed by atoms with van der Waals surface area (Å²) in [5, 5.41) is 3.55. The number of rotatable bonds is 5. The first kappa shape index (κ1) is 20.6. The molecule has 0 bridgehead atoms. The van der Waals surface area contributed by atoms with Crippen molar-refractivity contribution in [1.82, 2.24) is 4.98 Å². The number of benzene rings is 3.